The Hall–Kier alpha value is -1.38. The molecular formula is C33H53FO2. The highest BCUT2D eigenvalue weighted by molar-refractivity contribution is 5.75. The van der Waals surface area contributed by atoms with E-state index < -0.39 is 0 Å². The van der Waals surface area contributed by atoms with Gasteiger partial charge in [-0.3, -0.25) is 4.79 Å². The molecule has 2 aliphatic carbocycles. The van der Waals surface area contributed by atoms with E-state index in [0.29, 0.717) is 5.75 Å². The average Bonchev–Trinajstić information content (AvgIpc) is 2.89. The Morgan fingerprint density at radius 2 is 1.28 bits per heavy atom. The molecule has 204 valence electrons. The molecule has 0 radical (unpaired) electrons. The van der Waals surface area contributed by atoms with Crippen molar-refractivity contribution in [2.75, 3.05) is 0 Å². The Bertz CT molecular complexity index is 744. The van der Waals surface area contributed by atoms with Gasteiger partial charge >= 0.3 is 5.97 Å². The predicted molar refractivity (Wildman–Crippen MR) is 149 cm³/mol. The molecule has 0 aromatic heterocycles. The van der Waals surface area contributed by atoms with Gasteiger partial charge in [0.05, 0.1) is 5.92 Å². The third-order valence-electron chi connectivity index (χ3n) is 9.14. The van der Waals surface area contributed by atoms with Crippen molar-refractivity contribution < 1.29 is 13.9 Å². The Labute approximate surface area is 221 Å². The largest absolute Gasteiger partial charge is 0.426 e. The van der Waals surface area contributed by atoms with Crippen molar-refractivity contribution in [2.45, 2.75) is 142 Å². The fourth-order valence-corrected chi connectivity index (χ4v) is 6.57. The summed E-state index contributed by atoms with van der Waals surface area (Å²) in [7, 11) is 0. The molecule has 0 aliphatic heterocycles. The molecule has 0 unspecified atom stereocenters. The van der Waals surface area contributed by atoms with Gasteiger partial charge in [0.1, 0.15) is 11.6 Å². The van der Waals surface area contributed by atoms with Crippen molar-refractivity contribution >= 4 is 5.97 Å². The highest BCUT2D eigenvalue weighted by Gasteiger charge is 2.28. The SMILES string of the molecule is CCCCCCCC1CCC(C(=O)Oc2ccc(CCC3CCC(CCCCC)CC3)c(F)c2)CC1. The van der Waals surface area contributed by atoms with E-state index in [9.17, 15) is 9.18 Å². The zero-order valence-corrected chi connectivity index (χ0v) is 23.4. The van der Waals surface area contributed by atoms with E-state index in [0.717, 1.165) is 61.8 Å². The first-order valence-corrected chi connectivity index (χ1v) is 15.6. The number of carbonyl (C=O) groups is 1. The van der Waals surface area contributed by atoms with Gasteiger partial charge in [0, 0.05) is 6.07 Å². The van der Waals surface area contributed by atoms with Crippen molar-refractivity contribution in [3.63, 3.8) is 0 Å². The summed E-state index contributed by atoms with van der Waals surface area (Å²) in [6.07, 6.45) is 24.7. The van der Waals surface area contributed by atoms with Gasteiger partial charge in [-0.2, -0.15) is 0 Å². The summed E-state index contributed by atoms with van der Waals surface area (Å²) in [5, 5.41) is 0. The fraction of sp³-hybridized carbons (Fsp3) is 0.788. The van der Waals surface area contributed by atoms with Gasteiger partial charge in [0.25, 0.3) is 0 Å². The van der Waals surface area contributed by atoms with Crippen LogP contribution in [0.4, 0.5) is 4.39 Å². The maximum absolute atomic E-state index is 14.8. The predicted octanol–water partition coefficient (Wildman–Crippen LogP) is 10.2. The average molecular weight is 501 g/mol. The highest BCUT2D eigenvalue weighted by Crippen LogP contribution is 2.35. The number of hydrogen-bond donors (Lipinski definition) is 0. The first kappa shape index (κ1) is 29.2. The molecule has 3 rings (SSSR count). The normalized spacial score (nSPS) is 24.5. The number of hydrogen-bond acceptors (Lipinski definition) is 2. The van der Waals surface area contributed by atoms with Crippen LogP contribution in [-0.2, 0) is 11.2 Å². The summed E-state index contributed by atoms with van der Waals surface area (Å²) in [5.41, 5.74) is 0.763. The lowest BCUT2D eigenvalue weighted by Crippen LogP contribution is -2.25. The lowest BCUT2D eigenvalue weighted by atomic mass is 9.78. The number of rotatable bonds is 15. The zero-order valence-electron chi connectivity index (χ0n) is 23.4. The van der Waals surface area contributed by atoms with Gasteiger partial charge in [-0.15, -0.1) is 0 Å². The van der Waals surface area contributed by atoms with E-state index >= 15 is 0 Å². The van der Waals surface area contributed by atoms with E-state index in [1.54, 1.807) is 6.07 Å². The zero-order chi connectivity index (χ0) is 25.6. The fourth-order valence-electron chi connectivity index (χ4n) is 6.57. The third kappa shape index (κ3) is 10.2. The number of esters is 1. The molecule has 3 heteroatoms. The van der Waals surface area contributed by atoms with Crippen LogP contribution < -0.4 is 4.74 Å². The summed E-state index contributed by atoms with van der Waals surface area (Å²) < 4.78 is 20.4. The van der Waals surface area contributed by atoms with Crippen molar-refractivity contribution in [2.24, 2.45) is 23.7 Å². The number of benzene rings is 1. The Kier molecular flexibility index (Phi) is 13.3. The standard InChI is InChI=1S/C33H53FO2/c1-3-5-7-8-10-12-27-18-21-30(22-19-27)33(35)36-31-24-23-29(32(34)25-31)20-17-28-15-13-26(14-16-28)11-9-6-4-2/h23-28,30H,3-22H2,1-2H3. The van der Waals surface area contributed by atoms with Gasteiger partial charge in [-0.05, 0) is 67.9 Å². The monoisotopic (exact) mass is 500 g/mol. The summed E-state index contributed by atoms with van der Waals surface area (Å²) in [5.74, 6) is 2.37. The number of carbonyl (C=O) groups excluding carboxylic acids is 1. The smallest absolute Gasteiger partial charge is 0.314 e. The molecule has 36 heavy (non-hydrogen) atoms. The Morgan fingerprint density at radius 3 is 1.89 bits per heavy atom. The van der Waals surface area contributed by atoms with Crippen LogP contribution in [0.2, 0.25) is 0 Å². The maximum Gasteiger partial charge on any atom is 0.314 e. The molecule has 1 aromatic carbocycles. The van der Waals surface area contributed by atoms with E-state index in [1.807, 2.05) is 6.07 Å². The van der Waals surface area contributed by atoms with Gasteiger partial charge in [0.2, 0.25) is 0 Å². The van der Waals surface area contributed by atoms with Crippen LogP contribution in [0.1, 0.15) is 141 Å². The minimum atomic E-state index is -0.222. The molecule has 2 fully saturated rings. The minimum Gasteiger partial charge on any atom is -0.426 e. The van der Waals surface area contributed by atoms with Crippen molar-refractivity contribution in [1.82, 2.24) is 0 Å². The first-order valence-electron chi connectivity index (χ1n) is 15.6. The van der Waals surface area contributed by atoms with Crippen molar-refractivity contribution in [1.29, 1.82) is 0 Å². The Balaban J connectivity index is 1.34. The molecule has 2 nitrogen and oxygen atoms in total. The molecule has 0 atom stereocenters. The number of unbranched alkanes of at least 4 members (excludes halogenated alkanes) is 6. The van der Waals surface area contributed by atoms with Crippen LogP contribution >= 0.6 is 0 Å². The molecule has 0 heterocycles. The summed E-state index contributed by atoms with van der Waals surface area (Å²) in [6.45, 7) is 4.53. The van der Waals surface area contributed by atoms with Crippen LogP contribution in [0, 0.1) is 29.5 Å². The van der Waals surface area contributed by atoms with Crippen LogP contribution in [0.15, 0.2) is 18.2 Å². The van der Waals surface area contributed by atoms with Crippen LogP contribution in [0.25, 0.3) is 0 Å². The van der Waals surface area contributed by atoms with Crippen LogP contribution in [-0.4, -0.2) is 5.97 Å². The van der Waals surface area contributed by atoms with Gasteiger partial charge in [0.15, 0.2) is 0 Å². The van der Waals surface area contributed by atoms with Gasteiger partial charge in [-0.1, -0.05) is 110 Å². The molecular weight excluding hydrogens is 447 g/mol. The second-order valence-electron chi connectivity index (χ2n) is 12.0. The number of ether oxygens (including phenoxy) is 1. The molecule has 0 amide bonds. The van der Waals surface area contributed by atoms with Crippen molar-refractivity contribution in [3.05, 3.63) is 29.6 Å². The van der Waals surface area contributed by atoms with Crippen LogP contribution in [0.5, 0.6) is 5.75 Å². The Morgan fingerprint density at radius 1 is 0.750 bits per heavy atom. The topological polar surface area (TPSA) is 26.3 Å². The summed E-state index contributed by atoms with van der Waals surface area (Å²) in [4.78, 5) is 12.7. The lowest BCUT2D eigenvalue weighted by molar-refractivity contribution is -0.140. The molecule has 2 aliphatic rings. The molecule has 0 bridgehead atoms. The van der Waals surface area contributed by atoms with Gasteiger partial charge < -0.3 is 4.74 Å². The molecule has 2 saturated carbocycles. The van der Waals surface area contributed by atoms with E-state index in [1.165, 1.54) is 96.0 Å². The second kappa shape index (κ2) is 16.5. The quantitative estimate of drug-likeness (QED) is 0.136. The number of halogens is 1. The molecule has 0 saturated heterocycles. The molecule has 1 aromatic rings. The minimum absolute atomic E-state index is 0.0267. The number of aryl methyl sites for hydroxylation is 1. The van der Waals surface area contributed by atoms with Crippen molar-refractivity contribution in [3.8, 4) is 5.75 Å². The summed E-state index contributed by atoms with van der Waals surface area (Å²) >= 11 is 0. The molecule has 0 spiro atoms. The highest BCUT2D eigenvalue weighted by atomic mass is 19.1. The maximum atomic E-state index is 14.8. The van der Waals surface area contributed by atoms with E-state index in [4.69, 9.17) is 4.74 Å². The molecule has 0 N–H and O–H groups in total. The first-order chi connectivity index (χ1) is 17.6. The lowest BCUT2D eigenvalue weighted by Gasteiger charge is -2.28. The van der Waals surface area contributed by atoms with Gasteiger partial charge in [-0.25, -0.2) is 4.39 Å². The van der Waals surface area contributed by atoms with Crippen LogP contribution in [0.3, 0.4) is 0 Å². The summed E-state index contributed by atoms with van der Waals surface area (Å²) in [6, 6.07) is 5.06. The third-order valence-corrected chi connectivity index (χ3v) is 9.14. The van der Waals surface area contributed by atoms with E-state index in [-0.39, 0.29) is 17.7 Å². The van der Waals surface area contributed by atoms with E-state index in [2.05, 4.69) is 13.8 Å². The second-order valence-corrected chi connectivity index (χ2v) is 12.0.